The maximum Gasteiger partial charge on any atom is 0.337 e. The van der Waals surface area contributed by atoms with Crippen LogP contribution in [0.25, 0.3) is 0 Å². The van der Waals surface area contributed by atoms with Gasteiger partial charge in [-0.1, -0.05) is 0 Å². The number of carbonyl (C=O) groups excluding carboxylic acids is 3. The summed E-state index contributed by atoms with van der Waals surface area (Å²) in [5, 5.41) is -0.476. The van der Waals surface area contributed by atoms with Gasteiger partial charge in [0.1, 0.15) is 0 Å². The van der Waals surface area contributed by atoms with Crippen LogP contribution in [0.2, 0.25) is 0 Å². The van der Waals surface area contributed by atoms with E-state index in [-0.39, 0.29) is 18.2 Å². The second-order valence-corrected chi connectivity index (χ2v) is 6.76. The Labute approximate surface area is 148 Å². The molecule has 1 fully saturated rings. The van der Waals surface area contributed by atoms with Crippen molar-refractivity contribution in [3.63, 3.8) is 0 Å². The Kier molecular flexibility index (Phi) is 4.76. The summed E-state index contributed by atoms with van der Waals surface area (Å²) in [4.78, 5) is 38.4. The Morgan fingerprint density at radius 3 is 2.36 bits per heavy atom. The number of nitrogen functional groups attached to an aromatic ring is 1. The summed E-state index contributed by atoms with van der Waals surface area (Å²) in [6.07, 6.45) is 0.132. The molecule has 3 rings (SSSR count). The molecule has 2 amide bonds. The highest BCUT2D eigenvalue weighted by atomic mass is 32.2. The second-order valence-electron chi connectivity index (χ2n) is 5.49. The number of nitrogens with two attached hydrogens (primary N) is 1. The molecule has 0 radical (unpaired) electrons. The van der Waals surface area contributed by atoms with Crippen molar-refractivity contribution < 1.29 is 19.1 Å². The normalized spacial score (nSPS) is 17.0. The fraction of sp³-hybridized carbons (Fsp3) is 0.167. The maximum absolute atomic E-state index is 12.6. The fourth-order valence-electron chi connectivity index (χ4n) is 2.54. The van der Waals surface area contributed by atoms with Crippen LogP contribution in [0.15, 0.2) is 53.4 Å². The number of nitrogens with zero attached hydrogens (tertiary/aromatic N) is 1. The lowest BCUT2D eigenvalue weighted by molar-refractivity contribution is -0.121. The zero-order chi connectivity index (χ0) is 18.0. The third-order valence-corrected chi connectivity index (χ3v) is 5.01. The molecule has 0 saturated carbocycles. The van der Waals surface area contributed by atoms with Crippen LogP contribution in [0.5, 0.6) is 0 Å². The summed E-state index contributed by atoms with van der Waals surface area (Å²) in [5.41, 5.74) is 7.10. The van der Waals surface area contributed by atoms with Gasteiger partial charge in [0.05, 0.1) is 23.6 Å². The van der Waals surface area contributed by atoms with E-state index in [1.807, 2.05) is 12.1 Å². The molecule has 1 heterocycles. The number of ether oxygens (including phenoxy) is 1. The molecule has 7 heteroatoms. The SMILES string of the molecule is COC(=O)c1ccc(N2C(=O)C[C@H](Sc3ccc(N)cc3)C2=O)cc1. The predicted molar refractivity (Wildman–Crippen MR) is 95.4 cm³/mol. The lowest BCUT2D eigenvalue weighted by Crippen LogP contribution is -2.31. The van der Waals surface area contributed by atoms with E-state index < -0.39 is 11.2 Å². The molecule has 2 aromatic carbocycles. The van der Waals surface area contributed by atoms with E-state index in [4.69, 9.17) is 5.73 Å². The van der Waals surface area contributed by atoms with Crippen LogP contribution in [-0.2, 0) is 14.3 Å². The van der Waals surface area contributed by atoms with Crippen LogP contribution in [-0.4, -0.2) is 30.1 Å². The van der Waals surface area contributed by atoms with Crippen LogP contribution in [0.1, 0.15) is 16.8 Å². The van der Waals surface area contributed by atoms with Crippen molar-refractivity contribution in [2.45, 2.75) is 16.6 Å². The number of hydrogen-bond donors (Lipinski definition) is 1. The molecule has 1 aliphatic heterocycles. The van der Waals surface area contributed by atoms with Crippen LogP contribution >= 0.6 is 11.8 Å². The summed E-state index contributed by atoms with van der Waals surface area (Å²) >= 11 is 1.34. The first kappa shape index (κ1) is 17.0. The first-order valence-corrected chi connectivity index (χ1v) is 8.45. The van der Waals surface area contributed by atoms with E-state index in [1.165, 1.54) is 31.0 Å². The minimum atomic E-state index is -0.476. The smallest absolute Gasteiger partial charge is 0.337 e. The van der Waals surface area contributed by atoms with Gasteiger partial charge in [-0.3, -0.25) is 9.59 Å². The van der Waals surface area contributed by atoms with Crippen molar-refractivity contribution in [1.82, 2.24) is 0 Å². The van der Waals surface area contributed by atoms with E-state index >= 15 is 0 Å². The Morgan fingerprint density at radius 2 is 1.76 bits per heavy atom. The average Bonchev–Trinajstić information content (AvgIpc) is 2.90. The highest BCUT2D eigenvalue weighted by molar-refractivity contribution is 8.00. The Morgan fingerprint density at radius 1 is 1.12 bits per heavy atom. The zero-order valence-electron chi connectivity index (χ0n) is 13.5. The molecule has 0 aliphatic carbocycles. The van der Waals surface area contributed by atoms with Gasteiger partial charge in [-0.05, 0) is 48.5 Å². The largest absolute Gasteiger partial charge is 0.465 e. The van der Waals surface area contributed by atoms with E-state index in [1.54, 1.807) is 24.3 Å². The molecule has 6 nitrogen and oxygen atoms in total. The number of carbonyl (C=O) groups is 3. The number of rotatable bonds is 4. The number of methoxy groups -OCH3 is 1. The summed E-state index contributed by atoms with van der Waals surface area (Å²) in [6, 6.07) is 13.4. The summed E-state index contributed by atoms with van der Waals surface area (Å²) in [5.74, 6) is -0.996. The van der Waals surface area contributed by atoms with E-state index in [0.29, 0.717) is 16.9 Å². The third-order valence-electron chi connectivity index (χ3n) is 3.81. The molecule has 0 bridgehead atoms. The predicted octanol–water partition coefficient (Wildman–Crippen LogP) is 2.48. The minimum absolute atomic E-state index is 0.132. The van der Waals surface area contributed by atoms with Gasteiger partial charge < -0.3 is 10.5 Å². The van der Waals surface area contributed by atoms with Gasteiger partial charge in [0, 0.05) is 17.0 Å². The first-order chi connectivity index (χ1) is 12.0. The lowest BCUT2D eigenvalue weighted by Gasteiger charge is -2.15. The molecule has 1 saturated heterocycles. The minimum Gasteiger partial charge on any atom is -0.465 e. The third kappa shape index (κ3) is 3.51. The van der Waals surface area contributed by atoms with E-state index in [2.05, 4.69) is 4.74 Å². The zero-order valence-corrected chi connectivity index (χ0v) is 14.3. The van der Waals surface area contributed by atoms with Crippen molar-refractivity contribution in [1.29, 1.82) is 0 Å². The van der Waals surface area contributed by atoms with Crippen LogP contribution < -0.4 is 10.6 Å². The van der Waals surface area contributed by atoms with Crippen molar-refractivity contribution in [3.8, 4) is 0 Å². The van der Waals surface area contributed by atoms with Gasteiger partial charge >= 0.3 is 5.97 Å². The molecule has 128 valence electrons. The summed E-state index contributed by atoms with van der Waals surface area (Å²) in [7, 11) is 1.29. The quantitative estimate of drug-likeness (QED) is 0.514. The Bertz CT molecular complexity index is 818. The van der Waals surface area contributed by atoms with Gasteiger partial charge in [-0.15, -0.1) is 11.8 Å². The topological polar surface area (TPSA) is 89.7 Å². The molecule has 2 N–H and O–H groups in total. The monoisotopic (exact) mass is 356 g/mol. The number of imide groups is 1. The Hall–Kier alpha value is -2.80. The number of thioether (sulfide) groups is 1. The molecular weight excluding hydrogens is 340 g/mol. The second kappa shape index (κ2) is 6.98. The molecule has 1 aliphatic rings. The number of esters is 1. The first-order valence-electron chi connectivity index (χ1n) is 7.57. The van der Waals surface area contributed by atoms with E-state index in [9.17, 15) is 14.4 Å². The Balaban J connectivity index is 1.76. The fourth-order valence-corrected chi connectivity index (χ4v) is 3.60. The molecule has 0 unspecified atom stereocenters. The van der Waals surface area contributed by atoms with Gasteiger partial charge in [-0.25, -0.2) is 9.69 Å². The van der Waals surface area contributed by atoms with E-state index in [0.717, 1.165) is 9.80 Å². The molecule has 2 aromatic rings. The van der Waals surface area contributed by atoms with Gasteiger partial charge in [0.15, 0.2) is 0 Å². The van der Waals surface area contributed by atoms with Crippen molar-refractivity contribution >= 4 is 40.9 Å². The number of amides is 2. The maximum atomic E-state index is 12.6. The average molecular weight is 356 g/mol. The van der Waals surface area contributed by atoms with Crippen molar-refractivity contribution in [2.24, 2.45) is 0 Å². The van der Waals surface area contributed by atoms with Gasteiger partial charge in [0.2, 0.25) is 11.8 Å². The van der Waals surface area contributed by atoms with Crippen LogP contribution in [0.3, 0.4) is 0 Å². The van der Waals surface area contributed by atoms with Crippen LogP contribution in [0.4, 0.5) is 11.4 Å². The molecule has 0 aromatic heterocycles. The molecule has 25 heavy (non-hydrogen) atoms. The standard InChI is InChI=1S/C18H16N2O4S/c1-24-18(23)11-2-6-13(7-3-11)20-16(21)10-15(17(20)22)25-14-8-4-12(19)5-9-14/h2-9,15H,10,19H2,1H3/t15-/m0/s1. The van der Waals surface area contributed by atoms with Crippen LogP contribution in [0, 0.1) is 0 Å². The van der Waals surface area contributed by atoms with Gasteiger partial charge in [-0.2, -0.15) is 0 Å². The number of benzene rings is 2. The van der Waals surface area contributed by atoms with Crippen molar-refractivity contribution in [2.75, 3.05) is 17.7 Å². The molecular formula is C18H16N2O4S. The van der Waals surface area contributed by atoms with Crippen molar-refractivity contribution in [3.05, 3.63) is 54.1 Å². The number of anilines is 2. The summed E-state index contributed by atoms with van der Waals surface area (Å²) in [6.45, 7) is 0. The summed E-state index contributed by atoms with van der Waals surface area (Å²) < 4.78 is 4.64. The highest BCUT2D eigenvalue weighted by Gasteiger charge is 2.40. The highest BCUT2D eigenvalue weighted by Crippen LogP contribution is 2.34. The molecule has 0 spiro atoms. The number of hydrogen-bond acceptors (Lipinski definition) is 6. The lowest BCUT2D eigenvalue weighted by atomic mass is 10.2. The molecule has 1 atom stereocenters. The van der Waals surface area contributed by atoms with Gasteiger partial charge in [0.25, 0.3) is 0 Å².